The fraction of sp³-hybridized carbons (Fsp3) is 0.263. The lowest BCUT2D eigenvalue weighted by Gasteiger charge is -2.21. The number of hydrogen-bond acceptors (Lipinski definition) is 6. The van der Waals surface area contributed by atoms with Crippen LogP contribution >= 0.6 is 0 Å². The van der Waals surface area contributed by atoms with Gasteiger partial charge < -0.3 is 15.4 Å². The minimum atomic E-state index is -3.62. The van der Waals surface area contributed by atoms with Gasteiger partial charge in [0.05, 0.1) is 18.1 Å². The maximum Gasteiger partial charge on any atom is 0.303 e. The van der Waals surface area contributed by atoms with Gasteiger partial charge in [0.1, 0.15) is 17.2 Å². The Morgan fingerprint density at radius 3 is 2.53 bits per heavy atom. The van der Waals surface area contributed by atoms with Crippen LogP contribution in [0.3, 0.4) is 0 Å². The zero-order valence-electron chi connectivity index (χ0n) is 16.5. The highest BCUT2D eigenvalue weighted by Gasteiger charge is 2.20. The van der Waals surface area contributed by atoms with Crippen LogP contribution in [0.5, 0.6) is 0 Å². The van der Waals surface area contributed by atoms with Crippen molar-refractivity contribution in [1.29, 1.82) is 5.41 Å². The van der Waals surface area contributed by atoms with Crippen molar-refractivity contribution >= 4 is 38.7 Å². The molecular formula is C19H22N6O4S. The number of nitrogen functional groups attached to an aromatic ring is 1. The first-order chi connectivity index (χ1) is 14.1. The minimum absolute atomic E-state index is 0.0263. The number of aliphatic carboxylic acids is 1. The molecule has 0 saturated heterocycles. The van der Waals surface area contributed by atoms with Gasteiger partial charge in [-0.05, 0) is 12.5 Å². The molecule has 0 radical (unpaired) electrons. The van der Waals surface area contributed by atoms with E-state index in [1.807, 2.05) is 0 Å². The lowest BCUT2D eigenvalue weighted by Crippen LogP contribution is -2.31. The molecule has 3 aromatic rings. The molecular weight excluding hydrogens is 408 g/mol. The number of carboxylic acid groups (broad SMARTS) is 1. The number of aryl methyl sites for hydroxylation is 1. The Balaban J connectivity index is 1.99. The topological polar surface area (TPSA) is 155 Å². The van der Waals surface area contributed by atoms with Crippen LogP contribution in [0.25, 0.3) is 22.6 Å². The predicted octanol–water partition coefficient (Wildman–Crippen LogP) is 1.55. The summed E-state index contributed by atoms with van der Waals surface area (Å²) in [6, 6.07) is 8.67. The van der Waals surface area contributed by atoms with Gasteiger partial charge in [0.2, 0.25) is 10.0 Å². The highest BCUT2D eigenvalue weighted by Crippen LogP contribution is 2.26. The molecule has 4 N–H and O–H groups in total. The highest BCUT2D eigenvalue weighted by molar-refractivity contribution is 7.92. The molecule has 1 aromatic carbocycles. The number of nitrogens with zero attached hydrogens (tertiary/aromatic N) is 4. The standard InChI is InChI=1S/C19H22N6O4S/c1-24-18(13-7-5-12(6-8-13)17(20)21)23-15-10-14(11-22-19(15)24)25(30(2,28)29)9-3-4-16(26)27/h5-8,10-11H,3-4,9H2,1-2H3,(H3,20,21)(H,26,27). The summed E-state index contributed by atoms with van der Waals surface area (Å²) < 4.78 is 27.4. The molecule has 0 bridgehead atoms. The van der Waals surface area contributed by atoms with E-state index in [0.29, 0.717) is 28.2 Å². The summed E-state index contributed by atoms with van der Waals surface area (Å²) in [6.45, 7) is 0.0323. The predicted molar refractivity (Wildman–Crippen MR) is 114 cm³/mol. The molecule has 2 heterocycles. The zero-order chi connectivity index (χ0) is 22.1. The van der Waals surface area contributed by atoms with Gasteiger partial charge in [0.25, 0.3) is 0 Å². The third-order valence-electron chi connectivity index (χ3n) is 4.59. The summed E-state index contributed by atoms with van der Waals surface area (Å²) >= 11 is 0. The second-order valence-electron chi connectivity index (χ2n) is 6.85. The Labute approximate surface area is 173 Å². The molecule has 11 heteroatoms. The molecule has 0 unspecified atom stereocenters. The molecule has 3 rings (SSSR count). The van der Waals surface area contributed by atoms with E-state index >= 15 is 0 Å². The summed E-state index contributed by atoms with van der Waals surface area (Å²) in [5, 5.41) is 16.3. The fourth-order valence-electron chi connectivity index (χ4n) is 3.12. The van der Waals surface area contributed by atoms with Crippen molar-refractivity contribution in [2.24, 2.45) is 12.8 Å². The number of benzene rings is 1. The lowest BCUT2D eigenvalue weighted by atomic mass is 10.1. The van der Waals surface area contributed by atoms with Crippen molar-refractivity contribution < 1.29 is 18.3 Å². The number of carbonyl (C=O) groups is 1. The van der Waals surface area contributed by atoms with E-state index < -0.39 is 16.0 Å². The van der Waals surface area contributed by atoms with E-state index in [9.17, 15) is 13.2 Å². The molecule has 0 atom stereocenters. The van der Waals surface area contributed by atoms with Crippen molar-refractivity contribution in [3.63, 3.8) is 0 Å². The van der Waals surface area contributed by atoms with Crippen LogP contribution in [0.15, 0.2) is 36.5 Å². The third kappa shape index (κ3) is 4.40. The highest BCUT2D eigenvalue weighted by atomic mass is 32.2. The first-order valence-electron chi connectivity index (χ1n) is 9.04. The molecule has 0 aliphatic carbocycles. The number of rotatable bonds is 8. The Morgan fingerprint density at radius 2 is 1.97 bits per heavy atom. The monoisotopic (exact) mass is 430 g/mol. The Hall–Kier alpha value is -3.47. The third-order valence-corrected chi connectivity index (χ3v) is 5.78. The first-order valence-corrected chi connectivity index (χ1v) is 10.9. The number of amidine groups is 1. The van der Waals surface area contributed by atoms with Crippen LogP contribution in [0.4, 0.5) is 5.69 Å². The van der Waals surface area contributed by atoms with Crippen molar-refractivity contribution in [2.45, 2.75) is 12.8 Å². The number of imidazole rings is 1. The van der Waals surface area contributed by atoms with Gasteiger partial charge in [-0.15, -0.1) is 0 Å². The average molecular weight is 430 g/mol. The Kier molecular flexibility index (Phi) is 5.74. The van der Waals surface area contributed by atoms with Gasteiger partial charge >= 0.3 is 5.97 Å². The van der Waals surface area contributed by atoms with Gasteiger partial charge in [0.15, 0.2) is 5.65 Å². The summed E-state index contributed by atoms with van der Waals surface area (Å²) in [4.78, 5) is 19.7. The second-order valence-corrected chi connectivity index (χ2v) is 8.76. The van der Waals surface area contributed by atoms with E-state index in [1.54, 1.807) is 41.9 Å². The number of anilines is 1. The van der Waals surface area contributed by atoms with Crippen molar-refractivity contribution in [1.82, 2.24) is 14.5 Å². The number of aromatic nitrogens is 3. The molecule has 0 spiro atoms. The van der Waals surface area contributed by atoms with E-state index in [0.717, 1.165) is 16.1 Å². The summed E-state index contributed by atoms with van der Waals surface area (Å²) in [7, 11) is -1.82. The van der Waals surface area contributed by atoms with Crippen LogP contribution in [-0.2, 0) is 21.9 Å². The van der Waals surface area contributed by atoms with E-state index in [4.69, 9.17) is 16.2 Å². The number of fused-ring (bicyclic) bond motifs is 1. The normalized spacial score (nSPS) is 11.5. The Morgan fingerprint density at radius 1 is 1.30 bits per heavy atom. The molecule has 0 fully saturated rings. The number of hydrogen-bond donors (Lipinski definition) is 3. The van der Waals surface area contributed by atoms with Gasteiger partial charge in [-0.2, -0.15) is 0 Å². The molecule has 0 aliphatic heterocycles. The van der Waals surface area contributed by atoms with Crippen molar-refractivity contribution in [3.8, 4) is 11.4 Å². The van der Waals surface area contributed by atoms with Gasteiger partial charge in [-0.25, -0.2) is 18.4 Å². The maximum atomic E-state index is 12.2. The van der Waals surface area contributed by atoms with Gasteiger partial charge in [-0.1, -0.05) is 24.3 Å². The first kappa shape index (κ1) is 21.2. The number of nitrogens with two attached hydrogens (primary N) is 1. The van der Waals surface area contributed by atoms with E-state index in [1.165, 1.54) is 6.20 Å². The van der Waals surface area contributed by atoms with E-state index in [2.05, 4.69) is 9.97 Å². The summed E-state index contributed by atoms with van der Waals surface area (Å²) in [6.07, 6.45) is 2.55. The van der Waals surface area contributed by atoms with Crippen LogP contribution in [0.1, 0.15) is 18.4 Å². The molecule has 0 amide bonds. The number of pyridine rings is 1. The average Bonchev–Trinajstić information content (AvgIpc) is 3.00. The van der Waals surface area contributed by atoms with Gasteiger partial charge in [0, 0.05) is 31.1 Å². The fourth-order valence-corrected chi connectivity index (χ4v) is 4.06. The van der Waals surface area contributed by atoms with Gasteiger partial charge in [-0.3, -0.25) is 14.5 Å². The van der Waals surface area contributed by atoms with Crippen LogP contribution < -0.4 is 10.0 Å². The van der Waals surface area contributed by atoms with E-state index in [-0.39, 0.29) is 25.2 Å². The van der Waals surface area contributed by atoms with Crippen molar-refractivity contribution in [2.75, 3.05) is 17.1 Å². The molecule has 10 nitrogen and oxygen atoms in total. The maximum absolute atomic E-state index is 12.2. The van der Waals surface area contributed by atoms with Crippen LogP contribution in [0.2, 0.25) is 0 Å². The number of sulfonamides is 1. The molecule has 0 aliphatic rings. The number of carboxylic acids is 1. The van der Waals surface area contributed by atoms with Crippen molar-refractivity contribution in [3.05, 3.63) is 42.1 Å². The largest absolute Gasteiger partial charge is 0.481 e. The molecule has 2 aromatic heterocycles. The SMILES string of the molecule is Cn1c(-c2ccc(C(=N)N)cc2)nc2cc(N(CCCC(=O)O)S(C)(=O)=O)cnc21. The van der Waals surface area contributed by atoms with Crippen LogP contribution in [0, 0.1) is 5.41 Å². The summed E-state index contributed by atoms with van der Waals surface area (Å²) in [5.41, 5.74) is 8.29. The molecule has 30 heavy (non-hydrogen) atoms. The summed E-state index contributed by atoms with van der Waals surface area (Å²) in [5.74, 6) is -0.384. The second kappa shape index (κ2) is 8.11. The minimum Gasteiger partial charge on any atom is -0.481 e. The molecule has 0 saturated carbocycles. The zero-order valence-corrected chi connectivity index (χ0v) is 17.3. The Bertz CT molecular complexity index is 1220. The molecule has 158 valence electrons. The number of nitrogens with one attached hydrogen (secondary N) is 1. The smallest absolute Gasteiger partial charge is 0.303 e. The lowest BCUT2D eigenvalue weighted by molar-refractivity contribution is -0.137. The van der Waals surface area contributed by atoms with Crippen LogP contribution in [-0.4, -0.2) is 52.7 Å². The quantitative estimate of drug-likeness (QED) is 0.361.